The molecule has 88 valence electrons. The third-order valence-corrected chi connectivity index (χ3v) is 3.39. The highest BCUT2D eigenvalue weighted by Crippen LogP contribution is 2.24. The molecule has 0 unspecified atom stereocenters. The molecule has 0 saturated heterocycles. The van der Waals surface area contributed by atoms with E-state index in [1.807, 2.05) is 0 Å². The lowest BCUT2D eigenvalue weighted by Gasteiger charge is -2.03. The van der Waals surface area contributed by atoms with Crippen LogP contribution in [-0.4, -0.2) is 16.1 Å². The average molecular weight is 272 g/mol. The number of carboxylic acids is 1. The van der Waals surface area contributed by atoms with Gasteiger partial charge in [-0.3, -0.25) is 0 Å². The van der Waals surface area contributed by atoms with Gasteiger partial charge >= 0.3 is 5.97 Å². The Bertz CT molecular complexity index is 570. The minimum absolute atomic E-state index is 0.0235. The van der Waals surface area contributed by atoms with Crippen LogP contribution in [0.4, 0.5) is 4.39 Å². The van der Waals surface area contributed by atoms with Crippen molar-refractivity contribution in [1.82, 2.24) is 4.98 Å². The Morgan fingerprint density at radius 1 is 1.53 bits per heavy atom. The molecule has 0 aliphatic rings. The van der Waals surface area contributed by atoms with Crippen LogP contribution in [0.1, 0.15) is 20.9 Å². The van der Waals surface area contributed by atoms with Crippen LogP contribution < -0.4 is 0 Å². The second-order valence-corrected chi connectivity index (χ2v) is 4.69. The summed E-state index contributed by atoms with van der Waals surface area (Å²) in [6.45, 7) is 0. The second kappa shape index (κ2) is 4.81. The summed E-state index contributed by atoms with van der Waals surface area (Å²) >= 11 is 7.12. The fourth-order valence-corrected chi connectivity index (χ4v) is 2.42. The van der Waals surface area contributed by atoms with E-state index in [1.54, 1.807) is 6.07 Å². The molecule has 2 rings (SSSR count). The predicted octanol–water partition coefficient (Wildman–Crippen LogP) is 3.22. The predicted molar refractivity (Wildman–Crippen MR) is 63.3 cm³/mol. The zero-order valence-electron chi connectivity index (χ0n) is 8.48. The van der Waals surface area contributed by atoms with Gasteiger partial charge in [0.2, 0.25) is 0 Å². The van der Waals surface area contributed by atoms with Gasteiger partial charge in [-0.1, -0.05) is 17.7 Å². The van der Waals surface area contributed by atoms with Crippen molar-refractivity contribution in [2.45, 2.75) is 6.42 Å². The standard InChI is InChI=1S/C11H7ClFNO2S/c12-8-4-7(13)2-1-6(8)3-9-10(11(15)16)14-5-17-9/h1-2,4-5H,3H2,(H,15,16). The Morgan fingerprint density at radius 3 is 2.94 bits per heavy atom. The number of carbonyl (C=O) groups is 1. The van der Waals surface area contributed by atoms with Gasteiger partial charge in [0, 0.05) is 16.3 Å². The normalized spacial score (nSPS) is 10.5. The van der Waals surface area contributed by atoms with Crippen molar-refractivity contribution in [1.29, 1.82) is 0 Å². The number of halogens is 2. The van der Waals surface area contributed by atoms with E-state index < -0.39 is 11.8 Å². The molecule has 17 heavy (non-hydrogen) atoms. The van der Waals surface area contributed by atoms with Crippen molar-refractivity contribution in [2.75, 3.05) is 0 Å². The Hall–Kier alpha value is -1.46. The maximum absolute atomic E-state index is 12.8. The molecule has 0 bridgehead atoms. The van der Waals surface area contributed by atoms with Crippen molar-refractivity contribution in [3.05, 3.63) is 50.7 Å². The molecule has 0 aliphatic heterocycles. The number of carboxylic acid groups (broad SMARTS) is 1. The summed E-state index contributed by atoms with van der Waals surface area (Å²) in [6, 6.07) is 4.05. The van der Waals surface area contributed by atoms with E-state index in [0.29, 0.717) is 16.9 Å². The molecular weight excluding hydrogens is 265 g/mol. The molecule has 0 saturated carbocycles. The summed E-state index contributed by atoms with van der Waals surface area (Å²) in [5.41, 5.74) is 2.17. The molecule has 0 radical (unpaired) electrons. The molecule has 0 amide bonds. The monoisotopic (exact) mass is 271 g/mol. The van der Waals surface area contributed by atoms with Gasteiger partial charge in [-0.2, -0.15) is 0 Å². The molecule has 0 aliphatic carbocycles. The number of aromatic carboxylic acids is 1. The molecule has 0 atom stereocenters. The Balaban J connectivity index is 2.31. The van der Waals surface area contributed by atoms with Gasteiger partial charge in [0.05, 0.1) is 5.51 Å². The van der Waals surface area contributed by atoms with Crippen LogP contribution in [0.25, 0.3) is 0 Å². The molecule has 1 aromatic heterocycles. The molecule has 6 heteroatoms. The van der Waals surface area contributed by atoms with Crippen LogP contribution in [-0.2, 0) is 6.42 Å². The number of hydrogen-bond acceptors (Lipinski definition) is 3. The molecule has 1 heterocycles. The molecule has 0 spiro atoms. The van der Waals surface area contributed by atoms with Crippen molar-refractivity contribution in [3.63, 3.8) is 0 Å². The van der Waals surface area contributed by atoms with Gasteiger partial charge < -0.3 is 5.11 Å². The summed E-state index contributed by atoms with van der Waals surface area (Å²) < 4.78 is 12.8. The number of nitrogens with zero attached hydrogens (tertiary/aromatic N) is 1. The van der Waals surface area contributed by atoms with E-state index in [9.17, 15) is 9.18 Å². The molecule has 3 nitrogen and oxygen atoms in total. The highest BCUT2D eigenvalue weighted by atomic mass is 35.5. The van der Waals surface area contributed by atoms with Crippen LogP contribution in [0.2, 0.25) is 5.02 Å². The lowest BCUT2D eigenvalue weighted by Crippen LogP contribution is -2.01. The van der Waals surface area contributed by atoms with Crippen LogP contribution in [0.3, 0.4) is 0 Å². The third-order valence-electron chi connectivity index (χ3n) is 2.21. The number of thiazole rings is 1. The largest absolute Gasteiger partial charge is 0.476 e. The van der Waals surface area contributed by atoms with Crippen LogP contribution in [0.5, 0.6) is 0 Å². The summed E-state index contributed by atoms with van der Waals surface area (Å²) in [4.78, 5) is 15.2. The first-order chi connectivity index (χ1) is 8.08. The minimum atomic E-state index is -1.07. The first kappa shape index (κ1) is 12.0. The first-order valence-electron chi connectivity index (χ1n) is 4.67. The highest BCUT2D eigenvalue weighted by molar-refractivity contribution is 7.10. The average Bonchev–Trinajstić information content (AvgIpc) is 2.70. The van der Waals surface area contributed by atoms with Crippen molar-refractivity contribution < 1.29 is 14.3 Å². The highest BCUT2D eigenvalue weighted by Gasteiger charge is 2.15. The molecule has 1 N–H and O–H groups in total. The van der Waals surface area contributed by atoms with Crippen LogP contribution >= 0.6 is 22.9 Å². The van der Waals surface area contributed by atoms with E-state index in [4.69, 9.17) is 16.7 Å². The first-order valence-corrected chi connectivity index (χ1v) is 5.93. The summed E-state index contributed by atoms with van der Waals surface area (Å²) in [5, 5.41) is 9.18. The van der Waals surface area contributed by atoms with E-state index in [-0.39, 0.29) is 10.7 Å². The van der Waals surface area contributed by atoms with E-state index in [2.05, 4.69) is 4.98 Å². The number of hydrogen-bond donors (Lipinski definition) is 1. The number of rotatable bonds is 3. The summed E-state index contributed by atoms with van der Waals surface area (Å²) in [7, 11) is 0. The fraction of sp³-hybridized carbons (Fsp3) is 0.0909. The van der Waals surface area contributed by atoms with Crippen LogP contribution in [0.15, 0.2) is 23.7 Å². The lowest BCUT2D eigenvalue weighted by molar-refractivity contribution is 0.0690. The number of aromatic nitrogens is 1. The van der Waals surface area contributed by atoms with E-state index in [1.165, 1.54) is 29.0 Å². The van der Waals surface area contributed by atoms with Gasteiger partial charge in [0.1, 0.15) is 5.82 Å². The van der Waals surface area contributed by atoms with Gasteiger partial charge in [-0.15, -0.1) is 11.3 Å². The maximum atomic E-state index is 12.8. The van der Waals surface area contributed by atoms with Gasteiger partial charge in [0.25, 0.3) is 0 Å². The summed E-state index contributed by atoms with van der Waals surface area (Å²) in [6.07, 6.45) is 0.339. The van der Waals surface area contributed by atoms with Gasteiger partial charge in [-0.05, 0) is 17.7 Å². The SMILES string of the molecule is O=C(O)c1ncsc1Cc1ccc(F)cc1Cl. The fourth-order valence-electron chi connectivity index (χ4n) is 1.41. The zero-order valence-corrected chi connectivity index (χ0v) is 10.1. The maximum Gasteiger partial charge on any atom is 0.355 e. The molecule has 0 fully saturated rings. The zero-order chi connectivity index (χ0) is 12.4. The molecule has 1 aromatic carbocycles. The van der Waals surface area contributed by atoms with E-state index >= 15 is 0 Å². The van der Waals surface area contributed by atoms with Crippen molar-refractivity contribution >= 4 is 28.9 Å². The molecule has 2 aromatic rings. The Labute approximate surface area is 106 Å². The lowest BCUT2D eigenvalue weighted by atomic mass is 10.1. The summed E-state index contributed by atoms with van der Waals surface area (Å²) in [5.74, 6) is -1.49. The van der Waals surface area contributed by atoms with Crippen molar-refractivity contribution in [3.8, 4) is 0 Å². The van der Waals surface area contributed by atoms with Crippen LogP contribution in [0, 0.1) is 5.82 Å². The minimum Gasteiger partial charge on any atom is -0.476 e. The third kappa shape index (κ3) is 2.62. The number of benzene rings is 1. The van der Waals surface area contributed by atoms with Crippen molar-refractivity contribution in [2.24, 2.45) is 0 Å². The van der Waals surface area contributed by atoms with Gasteiger partial charge in [-0.25, -0.2) is 14.2 Å². The Kier molecular flexibility index (Phi) is 3.40. The topological polar surface area (TPSA) is 50.2 Å². The Morgan fingerprint density at radius 2 is 2.29 bits per heavy atom. The van der Waals surface area contributed by atoms with Gasteiger partial charge in [0.15, 0.2) is 5.69 Å². The quantitative estimate of drug-likeness (QED) is 0.932. The van der Waals surface area contributed by atoms with E-state index in [0.717, 1.165) is 0 Å². The smallest absolute Gasteiger partial charge is 0.355 e. The molecular formula is C11H7ClFNO2S. The second-order valence-electron chi connectivity index (χ2n) is 3.34.